The number of nitrogens with zero attached hydrogens (tertiary/aromatic N) is 2. The van der Waals surface area contributed by atoms with Crippen molar-refractivity contribution in [1.82, 2.24) is 9.80 Å². The lowest BCUT2D eigenvalue weighted by Gasteiger charge is -2.56. The zero-order valence-electron chi connectivity index (χ0n) is 15.5. The van der Waals surface area contributed by atoms with Crippen LogP contribution in [-0.2, 0) is 9.53 Å². The first kappa shape index (κ1) is 17.7. The molecule has 25 heavy (non-hydrogen) atoms. The number of carbonyl (C=O) groups excluding carboxylic acids is 1. The summed E-state index contributed by atoms with van der Waals surface area (Å²) in [6.07, 6.45) is 8.78. The lowest BCUT2D eigenvalue weighted by molar-refractivity contribution is -0.157. The molecular formula is C20H34N2O3. The van der Waals surface area contributed by atoms with Gasteiger partial charge in [0, 0.05) is 26.2 Å². The predicted octanol–water partition coefficient (Wildman–Crippen LogP) is 1.75. The fourth-order valence-corrected chi connectivity index (χ4v) is 6.47. The Balaban J connectivity index is 1.32. The minimum atomic E-state index is 0.00809. The molecule has 0 aromatic rings. The van der Waals surface area contributed by atoms with Gasteiger partial charge in [-0.15, -0.1) is 0 Å². The highest BCUT2D eigenvalue weighted by molar-refractivity contribution is 5.83. The van der Waals surface area contributed by atoms with Crippen LogP contribution in [0.4, 0.5) is 0 Å². The molecule has 5 rings (SSSR count). The van der Waals surface area contributed by atoms with Gasteiger partial charge in [0.25, 0.3) is 0 Å². The number of ether oxygens (including phenoxy) is 1. The van der Waals surface area contributed by atoms with E-state index in [0.29, 0.717) is 19.1 Å². The van der Waals surface area contributed by atoms with Gasteiger partial charge < -0.3 is 14.7 Å². The number of rotatable bonds is 6. The highest BCUT2D eigenvalue weighted by Crippen LogP contribution is 2.60. The summed E-state index contributed by atoms with van der Waals surface area (Å²) >= 11 is 0. The molecule has 4 bridgehead atoms. The summed E-state index contributed by atoms with van der Waals surface area (Å²) in [5.74, 6) is 3.00. The topological polar surface area (TPSA) is 53.0 Å². The summed E-state index contributed by atoms with van der Waals surface area (Å²) in [6.45, 7) is 5.89. The van der Waals surface area contributed by atoms with Gasteiger partial charge in [0.05, 0.1) is 25.2 Å². The average Bonchev–Trinajstić information content (AvgIpc) is 2.82. The zero-order valence-corrected chi connectivity index (χ0v) is 15.5. The van der Waals surface area contributed by atoms with E-state index in [4.69, 9.17) is 9.84 Å². The molecule has 5 fully saturated rings. The number of aliphatic hydroxyl groups excluding tert-OH is 1. The number of hydrogen-bond donors (Lipinski definition) is 1. The van der Waals surface area contributed by atoms with Crippen LogP contribution in [-0.4, -0.2) is 73.4 Å². The molecule has 5 heteroatoms. The Morgan fingerprint density at radius 2 is 1.64 bits per heavy atom. The molecule has 4 aliphatic carbocycles. The second kappa shape index (κ2) is 7.53. The quantitative estimate of drug-likeness (QED) is 0.742. The lowest BCUT2D eigenvalue weighted by atomic mass is 9.49. The molecule has 0 atom stereocenters. The average molecular weight is 351 g/mol. The van der Waals surface area contributed by atoms with E-state index in [0.717, 1.165) is 56.9 Å². The Labute approximate surface area is 151 Å². The van der Waals surface area contributed by atoms with Crippen molar-refractivity contribution >= 4 is 5.91 Å². The van der Waals surface area contributed by atoms with Crippen LogP contribution in [0.15, 0.2) is 0 Å². The molecule has 1 N–H and O–H groups in total. The number of hydrogen-bond acceptors (Lipinski definition) is 4. The molecule has 1 heterocycles. The summed E-state index contributed by atoms with van der Waals surface area (Å²) in [5.41, 5.74) is 0.00809. The summed E-state index contributed by atoms with van der Waals surface area (Å²) in [4.78, 5) is 18.1. The molecule has 1 amide bonds. The Kier molecular flexibility index (Phi) is 5.35. The molecule has 0 aromatic heterocycles. The fourth-order valence-electron chi connectivity index (χ4n) is 6.47. The molecule has 0 spiro atoms. The van der Waals surface area contributed by atoms with Gasteiger partial charge in [-0.3, -0.25) is 9.69 Å². The molecule has 0 radical (unpaired) electrons. The monoisotopic (exact) mass is 350 g/mol. The van der Waals surface area contributed by atoms with Gasteiger partial charge in [-0.25, -0.2) is 0 Å². The van der Waals surface area contributed by atoms with Gasteiger partial charge in [-0.05, 0) is 69.2 Å². The highest BCUT2D eigenvalue weighted by atomic mass is 16.5. The van der Waals surface area contributed by atoms with Crippen molar-refractivity contribution in [2.24, 2.45) is 23.2 Å². The smallest absolute Gasteiger partial charge is 0.228 e. The van der Waals surface area contributed by atoms with Crippen LogP contribution >= 0.6 is 0 Å². The van der Waals surface area contributed by atoms with E-state index in [2.05, 4.69) is 9.80 Å². The normalized spacial score (nSPS) is 38.1. The maximum Gasteiger partial charge on any atom is 0.228 e. The van der Waals surface area contributed by atoms with E-state index >= 15 is 0 Å². The van der Waals surface area contributed by atoms with Crippen molar-refractivity contribution in [3.8, 4) is 0 Å². The largest absolute Gasteiger partial charge is 0.394 e. The van der Waals surface area contributed by atoms with E-state index in [9.17, 15) is 4.79 Å². The molecule has 0 aromatic carbocycles. The number of carbonyl (C=O) groups is 1. The standard InChI is InChI=1S/C20H34N2O3/c23-7-9-25-8-6-21-2-1-3-22(5-4-21)19(24)20-13-16-10-17(14-20)12-18(11-16)15-20/h16-18,23H,1-15H2. The van der Waals surface area contributed by atoms with E-state index < -0.39 is 0 Å². The fraction of sp³-hybridized carbons (Fsp3) is 0.950. The molecule has 142 valence electrons. The molecule has 1 saturated heterocycles. The van der Waals surface area contributed by atoms with E-state index in [-0.39, 0.29) is 12.0 Å². The molecular weight excluding hydrogens is 316 g/mol. The number of aliphatic hydroxyl groups is 1. The molecule has 4 saturated carbocycles. The first-order valence-corrected chi connectivity index (χ1v) is 10.4. The first-order valence-electron chi connectivity index (χ1n) is 10.4. The van der Waals surface area contributed by atoms with Gasteiger partial charge in [0.2, 0.25) is 5.91 Å². The van der Waals surface area contributed by atoms with Crippen molar-refractivity contribution in [1.29, 1.82) is 0 Å². The van der Waals surface area contributed by atoms with Gasteiger partial charge in [0.1, 0.15) is 0 Å². The van der Waals surface area contributed by atoms with E-state index in [1.54, 1.807) is 0 Å². The van der Waals surface area contributed by atoms with Crippen LogP contribution in [0.25, 0.3) is 0 Å². The van der Waals surface area contributed by atoms with Gasteiger partial charge in [0.15, 0.2) is 0 Å². The summed E-state index contributed by atoms with van der Waals surface area (Å²) in [7, 11) is 0. The Bertz CT molecular complexity index is 446. The van der Waals surface area contributed by atoms with Crippen molar-refractivity contribution < 1.29 is 14.6 Å². The van der Waals surface area contributed by atoms with Crippen molar-refractivity contribution in [2.75, 3.05) is 52.5 Å². The maximum atomic E-state index is 13.5. The maximum absolute atomic E-state index is 13.5. The van der Waals surface area contributed by atoms with Crippen LogP contribution in [0.5, 0.6) is 0 Å². The van der Waals surface area contributed by atoms with E-state index in [1.807, 2.05) is 0 Å². The van der Waals surface area contributed by atoms with Gasteiger partial charge >= 0.3 is 0 Å². The third-order valence-electron chi connectivity index (χ3n) is 7.16. The third kappa shape index (κ3) is 3.74. The Hall–Kier alpha value is -0.650. The third-order valence-corrected chi connectivity index (χ3v) is 7.16. The van der Waals surface area contributed by atoms with Crippen LogP contribution in [0.1, 0.15) is 44.9 Å². The number of amides is 1. The van der Waals surface area contributed by atoms with Crippen molar-refractivity contribution in [3.05, 3.63) is 0 Å². The van der Waals surface area contributed by atoms with Crippen molar-refractivity contribution in [2.45, 2.75) is 44.9 Å². The van der Waals surface area contributed by atoms with Gasteiger partial charge in [-0.2, -0.15) is 0 Å². The minimum Gasteiger partial charge on any atom is -0.394 e. The minimum absolute atomic E-state index is 0.00809. The summed E-state index contributed by atoms with van der Waals surface area (Å²) < 4.78 is 5.39. The predicted molar refractivity (Wildman–Crippen MR) is 96.1 cm³/mol. The van der Waals surface area contributed by atoms with Crippen LogP contribution in [0, 0.1) is 23.2 Å². The molecule has 5 aliphatic rings. The first-order chi connectivity index (χ1) is 12.2. The second-order valence-electron chi connectivity index (χ2n) is 9.02. The Morgan fingerprint density at radius 1 is 0.960 bits per heavy atom. The Morgan fingerprint density at radius 3 is 2.28 bits per heavy atom. The van der Waals surface area contributed by atoms with E-state index in [1.165, 1.54) is 38.5 Å². The van der Waals surface area contributed by atoms with Crippen molar-refractivity contribution in [3.63, 3.8) is 0 Å². The highest BCUT2D eigenvalue weighted by Gasteiger charge is 2.55. The second-order valence-corrected chi connectivity index (χ2v) is 9.02. The SMILES string of the molecule is O=C(N1CCCN(CCOCCO)CC1)C12CC3CC(CC(C3)C1)C2. The molecule has 0 unspecified atom stereocenters. The van der Waals surface area contributed by atoms with Crippen LogP contribution in [0.3, 0.4) is 0 Å². The lowest BCUT2D eigenvalue weighted by Crippen LogP contribution is -2.55. The van der Waals surface area contributed by atoms with Gasteiger partial charge in [-0.1, -0.05) is 0 Å². The molecule has 1 aliphatic heterocycles. The van der Waals surface area contributed by atoms with Crippen LogP contribution in [0.2, 0.25) is 0 Å². The summed E-state index contributed by atoms with van der Waals surface area (Å²) in [5, 5.41) is 8.78. The summed E-state index contributed by atoms with van der Waals surface area (Å²) in [6, 6.07) is 0. The zero-order chi connectivity index (χ0) is 17.3. The van der Waals surface area contributed by atoms with Crippen LogP contribution < -0.4 is 0 Å². The molecule has 5 nitrogen and oxygen atoms in total.